The van der Waals surface area contributed by atoms with Crippen LogP contribution < -0.4 is 0 Å². The molecule has 0 radical (unpaired) electrons. The van der Waals surface area contributed by atoms with E-state index in [1.165, 1.54) is 0 Å². The van der Waals surface area contributed by atoms with Gasteiger partial charge in [0.05, 0.1) is 43.3 Å². The molecule has 0 aromatic rings. The van der Waals surface area contributed by atoms with Gasteiger partial charge in [-0.2, -0.15) is 0 Å². The van der Waals surface area contributed by atoms with E-state index in [4.69, 9.17) is 9.47 Å². The van der Waals surface area contributed by atoms with E-state index >= 15 is 0 Å². The molecule has 3 amide bonds. The second-order valence-electron chi connectivity index (χ2n) is 10.9. The lowest BCUT2D eigenvalue weighted by Crippen LogP contribution is -2.59. The van der Waals surface area contributed by atoms with E-state index in [-0.39, 0.29) is 24.3 Å². The Morgan fingerprint density at radius 3 is 2.41 bits per heavy atom. The molecule has 0 aliphatic carbocycles. The topological polar surface area (TPSA) is 103 Å². The molecule has 10 heteroatoms. The minimum Gasteiger partial charge on any atom is -0.394 e. The van der Waals surface area contributed by atoms with Gasteiger partial charge in [0.15, 0.2) is 0 Å². The van der Waals surface area contributed by atoms with Crippen LogP contribution in [0.1, 0.15) is 26.7 Å². The smallest absolute Gasteiger partial charge is 0.249 e. The number of fused-ring (bicyclic) bond motifs is 2. The number of ether oxygens (including phenoxy) is 2. The van der Waals surface area contributed by atoms with Gasteiger partial charge < -0.3 is 29.3 Å². The normalized spacial score (nSPS) is 36.9. The predicted octanol–water partition coefficient (Wildman–Crippen LogP) is -0.123. The summed E-state index contributed by atoms with van der Waals surface area (Å²) in [5, 5.41) is 10.2. The standard InChI is InChI=1S/C27H40N4O6/c1-4-19(18-32)31-22-25(35)30(13-12-29-14-16-36-17-15-29)11-7-9-27(22)21(24(31)34)20-23(33)28(3)10-6-8-26(20,5-2)37-27/h6-9,19-22,32H,4-5,10-18H2,1-3H3/t19-,20-,21-,22?,26+,27-/m0/s1. The third-order valence-corrected chi connectivity index (χ3v) is 9.03. The summed E-state index contributed by atoms with van der Waals surface area (Å²) in [5.41, 5.74) is -2.25. The number of likely N-dealkylation sites (tertiary alicyclic amines) is 1. The monoisotopic (exact) mass is 516 g/mol. The van der Waals surface area contributed by atoms with E-state index < -0.39 is 35.1 Å². The van der Waals surface area contributed by atoms with E-state index in [9.17, 15) is 19.5 Å². The number of likely N-dealkylation sites (N-methyl/N-ethyl adjacent to an activating group) is 1. The Morgan fingerprint density at radius 1 is 1.00 bits per heavy atom. The summed E-state index contributed by atoms with van der Waals surface area (Å²) in [5.74, 6) is -2.19. The van der Waals surface area contributed by atoms with Crippen molar-refractivity contribution in [3.63, 3.8) is 0 Å². The van der Waals surface area contributed by atoms with Crippen LogP contribution in [0.2, 0.25) is 0 Å². The molecule has 5 rings (SSSR count). The molecule has 0 saturated carbocycles. The molecule has 204 valence electrons. The molecule has 0 bridgehead atoms. The number of hydrogen-bond acceptors (Lipinski definition) is 7. The minimum absolute atomic E-state index is 0.144. The quantitative estimate of drug-likeness (QED) is 0.471. The van der Waals surface area contributed by atoms with Gasteiger partial charge >= 0.3 is 0 Å². The molecule has 3 fully saturated rings. The van der Waals surface area contributed by atoms with Crippen LogP contribution >= 0.6 is 0 Å². The predicted molar refractivity (Wildman–Crippen MR) is 135 cm³/mol. The summed E-state index contributed by atoms with van der Waals surface area (Å²) < 4.78 is 12.4. The van der Waals surface area contributed by atoms with Crippen molar-refractivity contribution in [2.24, 2.45) is 11.8 Å². The summed E-state index contributed by atoms with van der Waals surface area (Å²) in [6.45, 7) is 8.70. The maximum atomic E-state index is 14.3. The van der Waals surface area contributed by atoms with Crippen LogP contribution in [0, 0.1) is 11.8 Å². The Kier molecular flexibility index (Phi) is 7.21. The summed E-state index contributed by atoms with van der Waals surface area (Å²) in [6, 6.07) is -1.47. The van der Waals surface area contributed by atoms with Crippen molar-refractivity contribution in [1.29, 1.82) is 0 Å². The van der Waals surface area contributed by atoms with Crippen LogP contribution in [0.4, 0.5) is 0 Å². The lowest BCUT2D eigenvalue weighted by atomic mass is 9.73. The summed E-state index contributed by atoms with van der Waals surface area (Å²) in [7, 11) is 1.74. The molecular formula is C27H40N4O6. The lowest BCUT2D eigenvalue weighted by molar-refractivity contribution is -0.157. The van der Waals surface area contributed by atoms with Crippen molar-refractivity contribution >= 4 is 17.7 Å². The third-order valence-electron chi connectivity index (χ3n) is 9.03. The summed E-state index contributed by atoms with van der Waals surface area (Å²) in [6.07, 6.45) is 8.66. The summed E-state index contributed by atoms with van der Waals surface area (Å²) >= 11 is 0. The van der Waals surface area contributed by atoms with E-state index in [0.29, 0.717) is 52.2 Å². The van der Waals surface area contributed by atoms with E-state index in [1.807, 2.05) is 38.2 Å². The van der Waals surface area contributed by atoms with Gasteiger partial charge in [0.2, 0.25) is 17.7 Å². The highest BCUT2D eigenvalue weighted by Crippen LogP contribution is 2.58. The first kappa shape index (κ1) is 26.3. The number of carbonyl (C=O) groups excluding carboxylic acids is 3. The number of hydrogen-bond donors (Lipinski definition) is 1. The average Bonchev–Trinajstić information content (AvgIpc) is 3.21. The number of aliphatic hydroxyl groups excluding tert-OH is 1. The molecule has 1 unspecified atom stereocenters. The number of rotatable bonds is 7. The SMILES string of the molecule is CC[C@@H](CO)N1C(=O)[C@@H]2[C@H]3C(=O)N(C)CC=C[C@@]3(CC)O[C@@]23C=CCN(CCN2CCOCC2)C(=O)C13. The second kappa shape index (κ2) is 10.1. The fourth-order valence-electron chi connectivity index (χ4n) is 6.96. The number of morpholine rings is 1. The van der Waals surface area contributed by atoms with E-state index in [0.717, 1.165) is 13.1 Å². The van der Waals surface area contributed by atoms with Gasteiger partial charge in [0.1, 0.15) is 11.6 Å². The number of carbonyl (C=O) groups is 3. The van der Waals surface area contributed by atoms with Crippen LogP contribution in [0.5, 0.6) is 0 Å². The van der Waals surface area contributed by atoms with Crippen molar-refractivity contribution in [2.45, 2.75) is 50.0 Å². The maximum Gasteiger partial charge on any atom is 0.249 e. The van der Waals surface area contributed by atoms with Gasteiger partial charge in [0.25, 0.3) is 0 Å². The van der Waals surface area contributed by atoms with Crippen molar-refractivity contribution < 1.29 is 29.0 Å². The highest BCUT2D eigenvalue weighted by molar-refractivity contribution is 6.00. The van der Waals surface area contributed by atoms with Gasteiger partial charge in [-0.25, -0.2) is 0 Å². The first-order valence-corrected chi connectivity index (χ1v) is 13.7. The molecule has 10 nitrogen and oxygen atoms in total. The summed E-state index contributed by atoms with van der Waals surface area (Å²) in [4.78, 5) is 49.6. The molecule has 5 aliphatic heterocycles. The van der Waals surface area contributed by atoms with Crippen LogP contribution in [0.25, 0.3) is 0 Å². The largest absolute Gasteiger partial charge is 0.394 e. The molecule has 37 heavy (non-hydrogen) atoms. The Bertz CT molecular complexity index is 976. The first-order chi connectivity index (χ1) is 17.8. The Hall–Kier alpha value is -2.27. The van der Waals surface area contributed by atoms with Crippen LogP contribution in [0.3, 0.4) is 0 Å². The molecule has 1 N–H and O–H groups in total. The number of nitrogens with zero attached hydrogens (tertiary/aromatic N) is 4. The highest BCUT2D eigenvalue weighted by atomic mass is 16.5. The Morgan fingerprint density at radius 2 is 1.73 bits per heavy atom. The fraction of sp³-hybridized carbons (Fsp3) is 0.741. The molecular weight excluding hydrogens is 476 g/mol. The molecule has 3 saturated heterocycles. The third kappa shape index (κ3) is 4.04. The van der Waals surface area contributed by atoms with Crippen LogP contribution in [-0.4, -0.2) is 132 Å². The van der Waals surface area contributed by atoms with Crippen LogP contribution in [0.15, 0.2) is 24.3 Å². The second-order valence-corrected chi connectivity index (χ2v) is 10.9. The van der Waals surface area contributed by atoms with Crippen molar-refractivity contribution in [2.75, 3.05) is 66.1 Å². The Balaban J connectivity index is 1.56. The fourth-order valence-corrected chi connectivity index (χ4v) is 6.96. The number of amides is 3. The van der Waals surface area contributed by atoms with Gasteiger partial charge in [-0.3, -0.25) is 19.3 Å². The van der Waals surface area contributed by atoms with E-state index in [1.54, 1.807) is 21.7 Å². The zero-order valence-corrected chi connectivity index (χ0v) is 22.2. The average molecular weight is 517 g/mol. The van der Waals surface area contributed by atoms with Gasteiger partial charge in [-0.1, -0.05) is 38.2 Å². The molecule has 5 aliphatic rings. The minimum atomic E-state index is -1.27. The van der Waals surface area contributed by atoms with Crippen molar-refractivity contribution in [3.05, 3.63) is 24.3 Å². The Labute approximate surface area is 218 Å². The van der Waals surface area contributed by atoms with Crippen molar-refractivity contribution in [3.8, 4) is 0 Å². The number of aliphatic hydroxyl groups is 1. The molecule has 0 aromatic carbocycles. The first-order valence-electron chi connectivity index (χ1n) is 13.7. The zero-order valence-electron chi connectivity index (χ0n) is 22.2. The van der Waals surface area contributed by atoms with Gasteiger partial charge in [-0.05, 0) is 12.8 Å². The van der Waals surface area contributed by atoms with Gasteiger partial charge in [-0.15, -0.1) is 0 Å². The molecule has 1 spiro atoms. The highest BCUT2D eigenvalue weighted by Gasteiger charge is 2.75. The molecule has 0 aromatic heterocycles. The van der Waals surface area contributed by atoms with Gasteiger partial charge in [0, 0.05) is 46.3 Å². The molecule has 5 heterocycles. The van der Waals surface area contributed by atoms with Crippen molar-refractivity contribution in [1.82, 2.24) is 19.6 Å². The molecule has 6 atom stereocenters. The van der Waals surface area contributed by atoms with E-state index in [2.05, 4.69) is 4.90 Å². The zero-order chi connectivity index (χ0) is 26.4. The maximum absolute atomic E-state index is 14.3. The lowest BCUT2D eigenvalue weighted by Gasteiger charge is -2.41. The van der Waals surface area contributed by atoms with Crippen LogP contribution in [-0.2, 0) is 23.9 Å².